The van der Waals surface area contributed by atoms with E-state index in [1.54, 1.807) is 4.90 Å². The molecule has 1 unspecified atom stereocenters. The van der Waals surface area contributed by atoms with Crippen LogP contribution in [-0.2, 0) is 0 Å². The summed E-state index contributed by atoms with van der Waals surface area (Å²) in [7, 11) is 0. The Labute approximate surface area is 104 Å². The molecular weight excluding hydrogens is 242 g/mol. The van der Waals surface area contributed by atoms with E-state index in [0.29, 0.717) is 11.8 Å². The third-order valence-corrected chi connectivity index (χ3v) is 3.21. The van der Waals surface area contributed by atoms with E-state index < -0.39 is 0 Å². The molecular formula is C11H14ClN3O2. The summed E-state index contributed by atoms with van der Waals surface area (Å²) in [6.45, 7) is 1.47. The van der Waals surface area contributed by atoms with Gasteiger partial charge in [-0.3, -0.25) is 9.59 Å². The molecule has 6 heteroatoms. The highest BCUT2D eigenvalue weighted by molar-refractivity contribution is 6.17. The van der Waals surface area contributed by atoms with Crippen LogP contribution in [0.15, 0.2) is 16.9 Å². The Kier molecular flexibility index (Phi) is 3.78. The van der Waals surface area contributed by atoms with E-state index in [9.17, 15) is 9.59 Å². The normalized spacial score (nSPS) is 19.6. The van der Waals surface area contributed by atoms with E-state index in [-0.39, 0.29) is 17.2 Å². The first-order chi connectivity index (χ1) is 8.20. The smallest absolute Gasteiger partial charge is 0.274 e. The van der Waals surface area contributed by atoms with Crippen LogP contribution in [0.5, 0.6) is 0 Å². The zero-order valence-electron chi connectivity index (χ0n) is 9.36. The first-order valence-corrected chi connectivity index (χ1v) is 6.15. The van der Waals surface area contributed by atoms with Crippen molar-refractivity contribution >= 4 is 17.5 Å². The van der Waals surface area contributed by atoms with E-state index >= 15 is 0 Å². The number of aromatic amines is 1. The van der Waals surface area contributed by atoms with Crippen molar-refractivity contribution in [1.82, 2.24) is 15.1 Å². The number of halogens is 1. The molecule has 92 valence electrons. The number of nitrogens with one attached hydrogen (secondary N) is 1. The Bertz CT molecular complexity index is 440. The van der Waals surface area contributed by atoms with Crippen LogP contribution in [-0.4, -0.2) is 40.0 Å². The second kappa shape index (κ2) is 5.31. The summed E-state index contributed by atoms with van der Waals surface area (Å²) in [4.78, 5) is 24.6. The number of alkyl halides is 1. The average molecular weight is 256 g/mol. The molecule has 0 spiro atoms. The fourth-order valence-electron chi connectivity index (χ4n) is 2.03. The number of H-pyrrole nitrogens is 1. The van der Waals surface area contributed by atoms with Crippen molar-refractivity contribution in [1.29, 1.82) is 0 Å². The summed E-state index contributed by atoms with van der Waals surface area (Å²) in [6.07, 6.45) is 1.92. The molecule has 17 heavy (non-hydrogen) atoms. The first-order valence-electron chi connectivity index (χ1n) is 5.61. The van der Waals surface area contributed by atoms with Gasteiger partial charge in [0.1, 0.15) is 5.69 Å². The number of hydrogen-bond acceptors (Lipinski definition) is 3. The van der Waals surface area contributed by atoms with Crippen molar-refractivity contribution in [2.75, 3.05) is 19.0 Å². The number of hydrogen-bond donors (Lipinski definition) is 1. The lowest BCUT2D eigenvalue weighted by Gasteiger charge is -2.15. The Balaban J connectivity index is 2.02. The Morgan fingerprint density at radius 3 is 3.06 bits per heavy atom. The largest absolute Gasteiger partial charge is 0.337 e. The fourth-order valence-corrected chi connectivity index (χ4v) is 2.34. The second-order valence-corrected chi connectivity index (χ2v) is 4.57. The predicted octanol–water partition coefficient (Wildman–Crippen LogP) is 0.861. The van der Waals surface area contributed by atoms with Crippen LogP contribution in [0, 0.1) is 5.92 Å². The molecule has 0 aliphatic carbocycles. The zero-order valence-corrected chi connectivity index (χ0v) is 10.1. The number of nitrogens with zero attached hydrogens (tertiary/aromatic N) is 2. The SMILES string of the molecule is O=C(c1ccc(=O)[nH]n1)N1CCC(CCCl)C1. The minimum absolute atomic E-state index is 0.127. The van der Waals surface area contributed by atoms with Crippen LogP contribution < -0.4 is 5.56 Å². The van der Waals surface area contributed by atoms with Gasteiger partial charge in [0.25, 0.3) is 11.5 Å². The van der Waals surface area contributed by atoms with Crippen molar-refractivity contribution in [3.8, 4) is 0 Å². The number of rotatable bonds is 3. The highest BCUT2D eigenvalue weighted by Gasteiger charge is 2.27. The number of amides is 1. The summed E-state index contributed by atoms with van der Waals surface area (Å²) in [6, 6.07) is 2.77. The highest BCUT2D eigenvalue weighted by atomic mass is 35.5. The van der Waals surface area contributed by atoms with Gasteiger partial charge >= 0.3 is 0 Å². The molecule has 5 nitrogen and oxygen atoms in total. The van der Waals surface area contributed by atoms with Gasteiger partial charge in [-0.05, 0) is 24.8 Å². The second-order valence-electron chi connectivity index (χ2n) is 4.19. The zero-order chi connectivity index (χ0) is 12.3. The van der Waals surface area contributed by atoms with Crippen LogP contribution in [0.2, 0.25) is 0 Å². The molecule has 1 saturated heterocycles. The first kappa shape index (κ1) is 12.1. The van der Waals surface area contributed by atoms with Gasteiger partial charge in [-0.25, -0.2) is 5.10 Å². The predicted molar refractivity (Wildman–Crippen MR) is 64.2 cm³/mol. The molecule has 1 amide bonds. The summed E-state index contributed by atoms with van der Waals surface area (Å²) in [5.41, 5.74) is -0.0147. The van der Waals surface area contributed by atoms with E-state index in [1.165, 1.54) is 12.1 Å². The maximum absolute atomic E-state index is 12.0. The van der Waals surface area contributed by atoms with Gasteiger partial charge < -0.3 is 4.90 Å². The highest BCUT2D eigenvalue weighted by Crippen LogP contribution is 2.21. The Morgan fingerprint density at radius 2 is 2.41 bits per heavy atom. The lowest BCUT2D eigenvalue weighted by molar-refractivity contribution is 0.0780. The number of aromatic nitrogens is 2. The quantitative estimate of drug-likeness (QED) is 0.815. The van der Waals surface area contributed by atoms with Gasteiger partial charge in [-0.1, -0.05) is 0 Å². The van der Waals surface area contributed by atoms with Gasteiger partial charge in [0.2, 0.25) is 0 Å². The molecule has 2 rings (SSSR count). The van der Waals surface area contributed by atoms with Crippen molar-refractivity contribution in [3.63, 3.8) is 0 Å². The van der Waals surface area contributed by atoms with Crippen LogP contribution in [0.3, 0.4) is 0 Å². The molecule has 1 aromatic heterocycles. The maximum Gasteiger partial charge on any atom is 0.274 e. The van der Waals surface area contributed by atoms with Crippen molar-refractivity contribution < 1.29 is 4.79 Å². The Morgan fingerprint density at radius 1 is 1.59 bits per heavy atom. The third kappa shape index (κ3) is 2.85. The number of carbonyl (C=O) groups excluding carboxylic acids is 1. The standard InChI is InChI=1S/C11H14ClN3O2/c12-5-3-8-4-6-15(7-8)11(17)9-1-2-10(16)14-13-9/h1-2,8H,3-7H2,(H,14,16). The molecule has 1 aromatic rings. The van der Waals surface area contributed by atoms with Crippen LogP contribution in [0.1, 0.15) is 23.3 Å². The third-order valence-electron chi connectivity index (χ3n) is 2.99. The molecule has 1 atom stereocenters. The molecule has 0 bridgehead atoms. The molecule has 2 heterocycles. The lowest BCUT2D eigenvalue weighted by Crippen LogP contribution is -2.30. The van der Waals surface area contributed by atoms with Gasteiger partial charge in [-0.2, -0.15) is 5.10 Å². The lowest BCUT2D eigenvalue weighted by atomic mass is 10.1. The minimum Gasteiger partial charge on any atom is -0.337 e. The van der Waals surface area contributed by atoms with Gasteiger partial charge in [0, 0.05) is 25.0 Å². The molecule has 0 radical (unpaired) electrons. The summed E-state index contributed by atoms with van der Waals surface area (Å²) < 4.78 is 0. The molecule has 1 aliphatic heterocycles. The van der Waals surface area contributed by atoms with E-state index in [2.05, 4.69) is 10.2 Å². The van der Waals surface area contributed by atoms with Gasteiger partial charge in [0.15, 0.2) is 0 Å². The van der Waals surface area contributed by atoms with E-state index in [0.717, 1.165) is 25.9 Å². The summed E-state index contributed by atoms with van der Waals surface area (Å²) >= 11 is 5.69. The van der Waals surface area contributed by atoms with Crippen molar-refractivity contribution in [2.45, 2.75) is 12.8 Å². The van der Waals surface area contributed by atoms with Crippen molar-refractivity contribution in [2.24, 2.45) is 5.92 Å². The summed E-state index contributed by atoms with van der Waals surface area (Å²) in [5.74, 6) is 0.987. The fraction of sp³-hybridized carbons (Fsp3) is 0.545. The molecule has 1 aliphatic rings. The van der Waals surface area contributed by atoms with Crippen LogP contribution in [0.4, 0.5) is 0 Å². The number of carbonyl (C=O) groups is 1. The Hall–Kier alpha value is -1.36. The van der Waals surface area contributed by atoms with Gasteiger partial charge in [0.05, 0.1) is 0 Å². The van der Waals surface area contributed by atoms with Crippen molar-refractivity contribution in [3.05, 3.63) is 28.2 Å². The molecule has 0 saturated carbocycles. The average Bonchev–Trinajstić information content (AvgIpc) is 2.78. The van der Waals surface area contributed by atoms with Gasteiger partial charge in [-0.15, -0.1) is 11.6 Å². The molecule has 1 N–H and O–H groups in total. The summed E-state index contributed by atoms with van der Waals surface area (Å²) in [5, 5.41) is 6.01. The van der Waals surface area contributed by atoms with E-state index in [4.69, 9.17) is 11.6 Å². The monoisotopic (exact) mass is 255 g/mol. The molecule has 0 aromatic carbocycles. The topological polar surface area (TPSA) is 66.1 Å². The molecule has 1 fully saturated rings. The van der Waals surface area contributed by atoms with E-state index in [1.807, 2.05) is 0 Å². The number of likely N-dealkylation sites (tertiary alicyclic amines) is 1. The van der Waals surface area contributed by atoms with Crippen LogP contribution in [0.25, 0.3) is 0 Å². The maximum atomic E-state index is 12.0. The minimum atomic E-state index is -0.303. The van der Waals surface area contributed by atoms with Crippen LogP contribution >= 0.6 is 11.6 Å².